The molecule has 0 radical (unpaired) electrons. The van der Waals surface area contributed by atoms with Crippen LogP contribution in [0.1, 0.15) is 30.1 Å². The van der Waals surface area contributed by atoms with Crippen molar-refractivity contribution in [2.45, 2.75) is 36.5 Å². The number of hydrogen-bond donors (Lipinski definition) is 2. The Labute approximate surface area is 119 Å². The number of halogens is 2. The smallest absolute Gasteiger partial charge is 0.326 e. The SMILES string of the molecule is CCC[C@@H](NC(=O)c1ccccc1SC(F)F)C(=O)O. The highest BCUT2D eigenvalue weighted by molar-refractivity contribution is 7.99. The number of aliphatic carboxylic acids is 1. The average molecular weight is 303 g/mol. The quantitative estimate of drug-likeness (QED) is 0.760. The molecule has 0 aliphatic heterocycles. The summed E-state index contributed by atoms with van der Waals surface area (Å²) < 4.78 is 24.8. The van der Waals surface area contributed by atoms with Crippen LogP contribution < -0.4 is 5.32 Å². The molecule has 1 atom stereocenters. The van der Waals surface area contributed by atoms with Crippen LogP contribution in [-0.2, 0) is 4.79 Å². The number of rotatable bonds is 7. The van der Waals surface area contributed by atoms with Crippen LogP contribution >= 0.6 is 11.8 Å². The van der Waals surface area contributed by atoms with Gasteiger partial charge in [-0.05, 0) is 18.6 Å². The third-order valence-corrected chi connectivity index (χ3v) is 3.32. The Morgan fingerprint density at radius 1 is 1.35 bits per heavy atom. The Bertz CT molecular complexity index is 482. The van der Waals surface area contributed by atoms with Crippen molar-refractivity contribution >= 4 is 23.6 Å². The molecular weight excluding hydrogens is 288 g/mol. The molecule has 0 saturated heterocycles. The maximum absolute atomic E-state index is 12.4. The normalized spacial score (nSPS) is 12.2. The number of carbonyl (C=O) groups excluding carboxylic acids is 1. The molecule has 0 fully saturated rings. The van der Waals surface area contributed by atoms with E-state index in [1.807, 2.05) is 0 Å². The maximum Gasteiger partial charge on any atom is 0.326 e. The third-order valence-electron chi connectivity index (χ3n) is 2.53. The van der Waals surface area contributed by atoms with Gasteiger partial charge in [-0.15, -0.1) is 0 Å². The van der Waals surface area contributed by atoms with Gasteiger partial charge in [-0.1, -0.05) is 37.2 Å². The molecule has 1 aromatic rings. The van der Waals surface area contributed by atoms with Crippen molar-refractivity contribution in [3.63, 3.8) is 0 Å². The predicted molar refractivity (Wildman–Crippen MR) is 72.1 cm³/mol. The van der Waals surface area contributed by atoms with Gasteiger partial charge in [-0.3, -0.25) is 4.79 Å². The largest absolute Gasteiger partial charge is 0.480 e. The van der Waals surface area contributed by atoms with E-state index in [1.165, 1.54) is 12.1 Å². The van der Waals surface area contributed by atoms with Crippen LogP contribution in [-0.4, -0.2) is 28.8 Å². The number of hydrogen-bond acceptors (Lipinski definition) is 3. The van der Waals surface area contributed by atoms with Gasteiger partial charge in [-0.2, -0.15) is 8.78 Å². The van der Waals surface area contributed by atoms with Gasteiger partial charge < -0.3 is 10.4 Å². The van der Waals surface area contributed by atoms with Crippen LogP contribution in [0.2, 0.25) is 0 Å². The van der Waals surface area contributed by atoms with E-state index in [0.29, 0.717) is 6.42 Å². The summed E-state index contributed by atoms with van der Waals surface area (Å²) in [5.41, 5.74) is 0.0557. The highest BCUT2D eigenvalue weighted by Gasteiger charge is 2.22. The number of carboxylic acids is 1. The number of thioether (sulfide) groups is 1. The van der Waals surface area contributed by atoms with Gasteiger partial charge in [0, 0.05) is 4.90 Å². The zero-order valence-electron chi connectivity index (χ0n) is 10.8. The van der Waals surface area contributed by atoms with Gasteiger partial charge in [0.2, 0.25) is 0 Å². The molecule has 0 bridgehead atoms. The minimum absolute atomic E-state index is 0.0557. The zero-order chi connectivity index (χ0) is 15.1. The Morgan fingerprint density at radius 3 is 2.55 bits per heavy atom. The first kappa shape index (κ1) is 16.4. The minimum Gasteiger partial charge on any atom is -0.480 e. The van der Waals surface area contributed by atoms with Crippen molar-refractivity contribution in [1.29, 1.82) is 0 Å². The Balaban J connectivity index is 2.88. The number of alkyl halides is 2. The van der Waals surface area contributed by atoms with Crippen LogP contribution in [0, 0.1) is 0 Å². The van der Waals surface area contributed by atoms with Crippen molar-refractivity contribution in [3.8, 4) is 0 Å². The summed E-state index contributed by atoms with van der Waals surface area (Å²) in [4.78, 5) is 23.1. The summed E-state index contributed by atoms with van der Waals surface area (Å²) in [5, 5.41) is 11.3. The van der Waals surface area contributed by atoms with Gasteiger partial charge in [0.15, 0.2) is 0 Å². The van der Waals surface area contributed by atoms with E-state index < -0.39 is 23.7 Å². The van der Waals surface area contributed by atoms with Crippen molar-refractivity contribution in [2.75, 3.05) is 0 Å². The molecule has 0 heterocycles. The van der Waals surface area contributed by atoms with Crippen LogP contribution in [0.15, 0.2) is 29.2 Å². The number of carbonyl (C=O) groups is 2. The summed E-state index contributed by atoms with van der Waals surface area (Å²) in [5.74, 6) is -4.44. The van der Waals surface area contributed by atoms with Crippen molar-refractivity contribution in [3.05, 3.63) is 29.8 Å². The molecule has 4 nitrogen and oxygen atoms in total. The third kappa shape index (κ3) is 4.80. The van der Waals surface area contributed by atoms with Gasteiger partial charge in [0.05, 0.1) is 5.56 Å². The maximum atomic E-state index is 12.4. The fourth-order valence-electron chi connectivity index (χ4n) is 1.64. The second kappa shape index (κ2) is 7.84. The second-order valence-corrected chi connectivity index (χ2v) is 5.06. The lowest BCUT2D eigenvalue weighted by Gasteiger charge is -2.15. The molecule has 0 aliphatic carbocycles. The first-order chi connectivity index (χ1) is 9.45. The molecule has 7 heteroatoms. The molecule has 0 unspecified atom stereocenters. The lowest BCUT2D eigenvalue weighted by atomic mass is 10.1. The Hall–Kier alpha value is -1.63. The fraction of sp³-hybridized carbons (Fsp3) is 0.385. The number of benzene rings is 1. The summed E-state index contributed by atoms with van der Waals surface area (Å²) in [6, 6.07) is 4.87. The van der Waals surface area contributed by atoms with Crippen molar-refractivity contribution < 1.29 is 23.5 Å². The van der Waals surface area contributed by atoms with E-state index in [-0.39, 0.29) is 28.6 Å². The summed E-state index contributed by atoms with van der Waals surface area (Å²) in [6.07, 6.45) is 0.871. The van der Waals surface area contributed by atoms with Gasteiger partial charge in [0.1, 0.15) is 6.04 Å². The Kier molecular flexibility index (Phi) is 6.44. The first-order valence-electron chi connectivity index (χ1n) is 6.03. The number of amides is 1. The molecule has 2 N–H and O–H groups in total. The van der Waals surface area contributed by atoms with E-state index in [9.17, 15) is 18.4 Å². The standard InChI is InChI=1S/C13H15F2NO3S/c1-2-5-9(12(18)19)16-11(17)8-6-3-4-7-10(8)20-13(14)15/h3-4,6-7,9,13H,2,5H2,1H3,(H,16,17)(H,18,19)/t9-/m1/s1. The number of nitrogens with one attached hydrogen (secondary N) is 1. The molecule has 20 heavy (non-hydrogen) atoms. The van der Waals surface area contributed by atoms with E-state index in [4.69, 9.17) is 5.11 Å². The molecule has 1 aromatic carbocycles. The fourth-order valence-corrected chi connectivity index (χ4v) is 2.27. The number of carboxylic acid groups (broad SMARTS) is 1. The van der Waals surface area contributed by atoms with Gasteiger partial charge >= 0.3 is 5.97 Å². The second-order valence-electron chi connectivity index (χ2n) is 4.03. The lowest BCUT2D eigenvalue weighted by Crippen LogP contribution is -2.40. The zero-order valence-corrected chi connectivity index (χ0v) is 11.6. The summed E-state index contributed by atoms with van der Waals surface area (Å²) in [7, 11) is 0. The molecule has 0 saturated carbocycles. The minimum atomic E-state index is -2.64. The monoisotopic (exact) mass is 303 g/mol. The average Bonchev–Trinajstić information content (AvgIpc) is 2.37. The molecule has 0 spiro atoms. The van der Waals surface area contributed by atoms with E-state index >= 15 is 0 Å². The molecule has 0 aliphatic rings. The molecule has 1 amide bonds. The van der Waals surface area contributed by atoms with Gasteiger partial charge in [-0.25, -0.2) is 4.79 Å². The van der Waals surface area contributed by atoms with E-state index in [2.05, 4.69) is 5.32 Å². The molecule has 1 rings (SSSR count). The van der Waals surface area contributed by atoms with E-state index in [0.717, 1.165) is 0 Å². The predicted octanol–water partition coefficient (Wildman–Crippen LogP) is 2.98. The summed E-state index contributed by atoms with van der Waals surface area (Å²) >= 11 is 0.261. The van der Waals surface area contributed by atoms with Crippen LogP contribution in [0.4, 0.5) is 8.78 Å². The topological polar surface area (TPSA) is 66.4 Å². The van der Waals surface area contributed by atoms with Crippen LogP contribution in [0.25, 0.3) is 0 Å². The molecule has 110 valence electrons. The van der Waals surface area contributed by atoms with Gasteiger partial charge in [0.25, 0.3) is 11.7 Å². The molecular formula is C13H15F2NO3S. The van der Waals surface area contributed by atoms with E-state index in [1.54, 1.807) is 19.1 Å². The lowest BCUT2D eigenvalue weighted by molar-refractivity contribution is -0.139. The van der Waals surface area contributed by atoms with Crippen molar-refractivity contribution in [2.24, 2.45) is 0 Å². The van der Waals surface area contributed by atoms with Crippen LogP contribution in [0.5, 0.6) is 0 Å². The van der Waals surface area contributed by atoms with Crippen molar-refractivity contribution in [1.82, 2.24) is 5.32 Å². The Morgan fingerprint density at radius 2 is 2.00 bits per heavy atom. The summed E-state index contributed by atoms with van der Waals surface area (Å²) in [6.45, 7) is 1.79. The highest BCUT2D eigenvalue weighted by atomic mass is 32.2. The highest BCUT2D eigenvalue weighted by Crippen LogP contribution is 2.28. The molecule has 0 aromatic heterocycles. The first-order valence-corrected chi connectivity index (χ1v) is 6.91. The van der Waals surface area contributed by atoms with Crippen LogP contribution in [0.3, 0.4) is 0 Å².